The molecule has 4 aromatic rings. The molecule has 1 aromatic heterocycles. The molecular weight excluding hydrogens is 576 g/mol. The number of amides is 3. The summed E-state index contributed by atoms with van der Waals surface area (Å²) < 4.78 is 16.3. The summed E-state index contributed by atoms with van der Waals surface area (Å²) >= 11 is 0. The molecule has 0 aliphatic heterocycles. The topological polar surface area (TPSA) is 142 Å². The third kappa shape index (κ3) is 8.12. The van der Waals surface area contributed by atoms with Gasteiger partial charge in [-0.15, -0.1) is 0 Å². The fourth-order valence-electron chi connectivity index (χ4n) is 5.33. The maximum absolute atomic E-state index is 14.0. The molecule has 0 saturated carbocycles. The van der Waals surface area contributed by atoms with E-state index in [9.17, 15) is 19.5 Å². The van der Waals surface area contributed by atoms with Crippen molar-refractivity contribution in [2.45, 2.75) is 38.0 Å². The molecule has 0 bridgehead atoms. The summed E-state index contributed by atoms with van der Waals surface area (Å²) in [6.07, 6.45) is 1.28. The van der Waals surface area contributed by atoms with E-state index < -0.39 is 23.6 Å². The third-order valence-electron chi connectivity index (χ3n) is 7.60. The highest BCUT2D eigenvalue weighted by molar-refractivity contribution is 5.94. The van der Waals surface area contributed by atoms with E-state index in [1.807, 2.05) is 54.6 Å². The van der Waals surface area contributed by atoms with Crippen molar-refractivity contribution in [3.63, 3.8) is 0 Å². The van der Waals surface area contributed by atoms with Crippen LogP contribution in [0.25, 0.3) is 10.9 Å². The molecule has 3 aromatic carbocycles. The van der Waals surface area contributed by atoms with Gasteiger partial charge in [-0.05, 0) is 30.2 Å². The number of carbonyl (C=O) groups excluding carboxylic acids is 3. The van der Waals surface area contributed by atoms with Gasteiger partial charge in [0, 0.05) is 49.1 Å². The number of aromatic amines is 1. The second-order valence-corrected chi connectivity index (χ2v) is 10.9. The van der Waals surface area contributed by atoms with Crippen molar-refractivity contribution in [1.82, 2.24) is 20.5 Å². The first-order valence-electron chi connectivity index (χ1n) is 14.6. The predicted molar refractivity (Wildman–Crippen MR) is 170 cm³/mol. The van der Waals surface area contributed by atoms with Gasteiger partial charge in [-0.3, -0.25) is 9.59 Å². The number of nitrogens with one attached hydrogen (secondary N) is 3. The number of fused-ring (bicyclic) bond motifs is 1. The molecule has 0 aliphatic carbocycles. The number of hydrogen-bond acceptors (Lipinski definition) is 7. The lowest BCUT2D eigenvalue weighted by Crippen LogP contribution is -2.62. The molecule has 11 nitrogen and oxygen atoms in total. The summed E-state index contributed by atoms with van der Waals surface area (Å²) in [5, 5.41) is 16.0. The number of aliphatic hydroxyl groups is 1. The number of H-pyrrole nitrogens is 1. The van der Waals surface area contributed by atoms with Crippen LogP contribution in [0.5, 0.6) is 11.5 Å². The maximum Gasteiger partial charge on any atom is 0.408 e. The van der Waals surface area contributed by atoms with Gasteiger partial charge in [0.05, 0.1) is 20.8 Å². The first kappa shape index (κ1) is 32.9. The smallest absolute Gasteiger partial charge is 0.408 e. The largest absolute Gasteiger partial charge is 0.493 e. The lowest BCUT2D eigenvalue weighted by Gasteiger charge is -2.35. The first-order valence-corrected chi connectivity index (χ1v) is 14.6. The van der Waals surface area contributed by atoms with E-state index in [1.54, 1.807) is 38.4 Å². The molecule has 4 rings (SSSR count). The van der Waals surface area contributed by atoms with Gasteiger partial charge < -0.3 is 39.8 Å². The van der Waals surface area contributed by atoms with Gasteiger partial charge in [-0.25, -0.2) is 4.79 Å². The van der Waals surface area contributed by atoms with Crippen molar-refractivity contribution in [2.75, 3.05) is 34.4 Å². The van der Waals surface area contributed by atoms with Crippen molar-refractivity contribution in [1.29, 1.82) is 0 Å². The van der Waals surface area contributed by atoms with Crippen LogP contribution < -0.4 is 20.1 Å². The Morgan fingerprint density at radius 2 is 1.69 bits per heavy atom. The van der Waals surface area contributed by atoms with Crippen molar-refractivity contribution in [3.05, 3.63) is 95.7 Å². The van der Waals surface area contributed by atoms with E-state index in [1.165, 1.54) is 19.1 Å². The Kier molecular flexibility index (Phi) is 11.0. The van der Waals surface area contributed by atoms with Crippen LogP contribution in [0.15, 0.2) is 79.0 Å². The average molecular weight is 617 g/mol. The molecule has 2 unspecified atom stereocenters. The number of ether oxygens (including phenoxy) is 3. The molecule has 2 atom stereocenters. The molecule has 45 heavy (non-hydrogen) atoms. The van der Waals surface area contributed by atoms with Gasteiger partial charge in [-0.1, -0.05) is 60.7 Å². The van der Waals surface area contributed by atoms with Gasteiger partial charge in [0.15, 0.2) is 11.5 Å². The summed E-state index contributed by atoms with van der Waals surface area (Å²) in [4.78, 5) is 45.4. The Hall–Kier alpha value is -5.03. The van der Waals surface area contributed by atoms with Crippen LogP contribution in [-0.2, 0) is 33.8 Å². The zero-order valence-corrected chi connectivity index (χ0v) is 26.0. The number of aromatic nitrogens is 1. The van der Waals surface area contributed by atoms with E-state index in [-0.39, 0.29) is 38.5 Å². The van der Waals surface area contributed by atoms with Gasteiger partial charge in [0.1, 0.15) is 18.2 Å². The lowest BCUT2D eigenvalue weighted by atomic mass is 9.90. The number of aliphatic hydroxyl groups excluding tert-OH is 1. The summed E-state index contributed by atoms with van der Waals surface area (Å²) in [6, 6.07) is 21.1. The molecule has 0 fully saturated rings. The van der Waals surface area contributed by atoms with Crippen molar-refractivity contribution >= 4 is 28.8 Å². The SMILES string of the molecule is COc1cccc(COC(=O)NC(Cc2c[nH]c3ccccc23)C(=O)NC(C)(Cc2ccccc2)C(=O)N(C)CCO)c1OC. The monoisotopic (exact) mass is 616 g/mol. The number of nitrogens with zero attached hydrogens (tertiary/aromatic N) is 1. The number of hydrogen-bond donors (Lipinski definition) is 4. The predicted octanol–water partition coefficient (Wildman–Crippen LogP) is 3.59. The Bertz CT molecular complexity index is 1610. The highest BCUT2D eigenvalue weighted by Gasteiger charge is 2.39. The van der Waals surface area contributed by atoms with Crippen LogP contribution in [0, 0.1) is 0 Å². The molecule has 11 heteroatoms. The summed E-state index contributed by atoms with van der Waals surface area (Å²) in [7, 11) is 4.58. The normalized spacial score (nSPS) is 12.9. The van der Waals surface area contributed by atoms with Gasteiger partial charge in [0.2, 0.25) is 11.8 Å². The van der Waals surface area contributed by atoms with Crippen LogP contribution in [0.4, 0.5) is 4.79 Å². The molecule has 4 N–H and O–H groups in total. The summed E-state index contributed by atoms with van der Waals surface area (Å²) in [6.45, 7) is 1.37. The molecule has 0 saturated heterocycles. The van der Waals surface area contributed by atoms with Crippen molar-refractivity contribution < 1.29 is 33.7 Å². The van der Waals surface area contributed by atoms with E-state index in [2.05, 4.69) is 15.6 Å². The zero-order valence-electron chi connectivity index (χ0n) is 26.0. The molecule has 0 radical (unpaired) electrons. The minimum atomic E-state index is -1.39. The highest BCUT2D eigenvalue weighted by Crippen LogP contribution is 2.31. The van der Waals surface area contributed by atoms with Crippen LogP contribution in [-0.4, -0.2) is 78.9 Å². The quantitative estimate of drug-likeness (QED) is 0.170. The lowest BCUT2D eigenvalue weighted by molar-refractivity contribution is -0.140. The number of rotatable bonds is 14. The number of carbonyl (C=O) groups is 3. The second kappa shape index (κ2) is 15.1. The number of alkyl carbamates (subject to hydrolysis) is 1. The molecule has 1 heterocycles. The fourth-order valence-corrected chi connectivity index (χ4v) is 5.33. The van der Waals surface area contributed by atoms with E-state index in [0.29, 0.717) is 17.1 Å². The van der Waals surface area contributed by atoms with Gasteiger partial charge >= 0.3 is 6.09 Å². The standard InChI is InChI=1S/C34H40N4O7/c1-34(32(41)38(2)17-18-39,20-23-11-6-5-7-12-23)37-31(40)28(19-25-21-35-27-15-9-8-14-26(25)27)36-33(42)45-22-24-13-10-16-29(43-3)30(24)44-4/h5-16,21,28,35,39H,17-20,22H2,1-4H3,(H,36,42)(H,37,40). The zero-order chi connectivity index (χ0) is 32.4. The van der Waals surface area contributed by atoms with Crippen LogP contribution >= 0.6 is 0 Å². The summed E-state index contributed by atoms with van der Waals surface area (Å²) in [5.74, 6) is -0.0279. The third-order valence-corrected chi connectivity index (χ3v) is 7.60. The van der Waals surface area contributed by atoms with Crippen LogP contribution in [0.1, 0.15) is 23.6 Å². The van der Waals surface area contributed by atoms with E-state index in [4.69, 9.17) is 14.2 Å². The number of benzene rings is 3. The Balaban J connectivity index is 1.60. The van der Waals surface area contributed by atoms with E-state index >= 15 is 0 Å². The first-order chi connectivity index (χ1) is 21.7. The second-order valence-electron chi connectivity index (χ2n) is 10.9. The average Bonchev–Trinajstić information content (AvgIpc) is 3.45. The number of likely N-dealkylation sites (N-methyl/N-ethyl adjacent to an activating group) is 1. The Labute approximate surface area is 262 Å². The fraction of sp³-hybridized carbons (Fsp3) is 0.324. The van der Waals surface area contributed by atoms with Crippen molar-refractivity contribution in [2.24, 2.45) is 0 Å². The maximum atomic E-state index is 14.0. The Morgan fingerprint density at radius 1 is 0.956 bits per heavy atom. The minimum Gasteiger partial charge on any atom is -0.493 e. The van der Waals surface area contributed by atoms with E-state index in [0.717, 1.165) is 22.0 Å². The van der Waals surface area contributed by atoms with Gasteiger partial charge in [-0.2, -0.15) is 0 Å². The van der Waals surface area contributed by atoms with Crippen LogP contribution in [0.2, 0.25) is 0 Å². The van der Waals surface area contributed by atoms with Gasteiger partial charge in [0.25, 0.3) is 0 Å². The van der Waals surface area contributed by atoms with Crippen LogP contribution in [0.3, 0.4) is 0 Å². The summed E-state index contributed by atoms with van der Waals surface area (Å²) in [5.41, 5.74) is 1.71. The number of methoxy groups -OCH3 is 2. The molecule has 0 aliphatic rings. The highest BCUT2D eigenvalue weighted by atomic mass is 16.6. The minimum absolute atomic E-state index is 0.0934. The number of para-hydroxylation sites is 2. The molecule has 0 spiro atoms. The molecule has 238 valence electrons. The molecule has 3 amide bonds. The molecular formula is C34H40N4O7. The van der Waals surface area contributed by atoms with Crippen molar-refractivity contribution in [3.8, 4) is 11.5 Å². The Morgan fingerprint density at radius 3 is 2.40 bits per heavy atom.